The van der Waals surface area contributed by atoms with Gasteiger partial charge in [0.1, 0.15) is 17.3 Å². The summed E-state index contributed by atoms with van der Waals surface area (Å²) < 4.78 is 23.3. The van der Waals surface area contributed by atoms with E-state index in [0.717, 1.165) is 12.1 Å². The zero-order valence-electron chi connectivity index (χ0n) is 13.1. The molecule has 0 aromatic heterocycles. The summed E-state index contributed by atoms with van der Waals surface area (Å²) in [4.78, 5) is 23.6. The smallest absolute Gasteiger partial charge is 0.337 e. The monoisotopic (exact) mass is 330 g/mol. The highest BCUT2D eigenvalue weighted by atomic mass is 19.1. The van der Waals surface area contributed by atoms with Crippen molar-refractivity contribution < 1.29 is 28.6 Å². The summed E-state index contributed by atoms with van der Waals surface area (Å²) in [6, 6.07) is 7.96. The molecule has 5 nitrogen and oxygen atoms in total. The van der Waals surface area contributed by atoms with Crippen molar-refractivity contribution in [1.29, 1.82) is 0 Å². The number of hydrogen-bond acceptors (Lipinski definition) is 5. The normalized spacial score (nSPS) is 10.6. The number of carbonyl (C=O) groups is 2. The number of allylic oxidation sites excluding steroid dienone is 1. The van der Waals surface area contributed by atoms with Crippen molar-refractivity contribution in [3.05, 3.63) is 65.0 Å². The van der Waals surface area contributed by atoms with Gasteiger partial charge in [-0.2, -0.15) is 0 Å². The maximum atomic E-state index is 13.9. The Morgan fingerprint density at radius 2 is 1.88 bits per heavy atom. The molecule has 0 amide bonds. The fourth-order valence-corrected chi connectivity index (χ4v) is 2.01. The SMILES string of the molecule is COC(=O)c1ccc(O)c(C=CC(=O)c2ccc(OC)cc2F)c1. The summed E-state index contributed by atoms with van der Waals surface area (Å²) in [5.41, 5.74) is 0.328. The number of phenols is 1. The Labute approximate surface area is 137 Å². The highest BCUT2D eigenvalue weighted by Gasteiger charge is 2.11. The number of rotatable bonds is 5. The third-order valence-corrected chi connectivity index (χ3v) is 3.30. The lowest BCUT2D eigenvalue weighted by Crippen LogP contribution is -2.01. The molecular formula is C18H15FO5. The van der Waals surface area contributed by atoms with Crippen LogP contribution in [0.25, 0.3) is 6.08 Å². The number of phenolic OH excluding ortho intramolecular Hbond substituents is 1. The average molecular weight is 330 g/mol. The molecule has 0 aliphatic rings. The molecule has 0 fully saturated rings. The van der Waals surface area contributed by atoms with Crippen molar-refractivity contribution in [1.82, 2.24) is 0 Å². The molecule has 0 saturated carbocycles. The highest BCUT2D eigenvalue weighted by molar-refractivity contribution is 6.07. The molecule has 0 spiro atoms. The lowest BCUT2D eigenvalue weighted by atomic mass is 10.1. The van der Waals surface area contributed by atoms with Gasteiger partial charge in [0.25, 0.3) is 0 Å². The number of esters is 1. The Hall–Kier alpha value is -3.15. The van der Waals surface area contributed by atoms with Crippen LogP contribution in [0.5, 0.6) is 11.5 Å². The minimum Gasteiger partial charge on any atom is -0.507 e. The Balaban J connectivity index is 2.27. The van der Waals surface area contributed by atoms with E-state index < -0.39 is 17.6 Å². The van der Waals surface area contributed by atoms with E-state index in [2.05, 4.69) is 4.74 Å². The van der Waals surface area contributed by atoms with Gasteiger partial charge in [-0.05, 0) is 42.5 Å². The molecular weight excluding hydrogens is 315 g/mol. The van der Waals surface area contributed by atoms with Crippen molar-refractivity contribution in [3.8, 4) is 11.5 Å². The quantitative estimate of drug-likeness (QED) is 0.518. The summed E-state index contributed by atoms with van der Waals surface area (Å²) in [5, 5.41) is 9.79. The lowest BCUT2D eigenvalue weighted by molar-refractivity contribution is 0.0600. The van der Waals surface area contributed by atoms with Crippen LogP contribution in [0.15, 0.2) is 42.5 Å². The number of methoxy groups -OCH3 is 2. The number of ether oxygens (including phenoxy) is 2. The van der Waals surface area contributed by atoms with Crippen molar-refractivity contribution >= 4 is 17.8 Å². The maximum absolute atomic E-state index is 13.9. The van der Waals surface area contributed by atoms with Gasteiger partial charge in [-0.1, -0.05) is 0 Å². The van der Waals surface area contributed by atoms with E-state index in [9.17, 15) is 19.1 Å². The first-order valence-electron chi connectivity index (χ1n) is 6.93. The Kier molecular flexibility index (Phi) is 5.31. The molecule has 0 bridgehead atoms. The van der Waals surface area contributed by atoms with Crippen LogP contribution in [0.2, 0.25) is 0 Å². The van der Waals surface area contributed by atoms with E-state index in [0.29, 0.717) is 5.75 Å². The summed E-state index contributed by atoms with van der Waals surface area (Å²) in [6.07, 6.45) is 2.41. The van der Waals surface area contributed by atoms with Crippen LogP contribution < -0.4 is 4.74 Å². The summed E-state index contributed by atoms with van der Waals surface area (Å²) in [7, 11) is 2.63. The van der Waals surface area contributed by atoms with Crippen molar-refractivity contribution in [2.75, 3.05) is 14.2 Å². The molecule has 2 rings (SSSR count). The van der Waals surface area contributed by atoms with Gasteiger partial charge in [-0.15, -0.1) is 0 Å². The summed E-state index contributed by atoms with van der Waals surface area (Å²) in [5.74, 6) is -1.69. The van der Waals surface area contributed by atoms with E-state index in [4.69, 9.17) is 4.74 Å². The van der Waals surface area contributed by atoms with E-state index in [1.807, 2.05) is 0 Å². The van der Waals surface area contributed by atoms with Gasteiger partial charge in [0.15, 0.2) is 5.78 Å². The molecule has 0 radical (unpaired) electrons. The van der Waals surface area contributed by atoms with Gasteiger partial charge in [-0.3, -0.25) is 4.79 Å². The molecule has 24 heavy (non-hydrogen) atoms. The van der Waals surface area contributed by atoms with Gasteiger partial charge in [0, 0.05) is 11.6 Å². The number of hydrogen-bond donors (Lipinski definition) is 1. The summed E-state index contributed by atoms with van der Waals surface area (Å²) in [6.45, 7) is 0. The fraction of sp³-hybridized carbons (Fsp3) is 0.111. The number of aromatic hydroxyl groups is 1. The number of benzene rings is 2. The second-order valence-electron chi connectivity index (χ2n) is 4.81. The van der Waals surface area contributed by atoms with Crippen LogP contribution in [0.3, 0.4) is 0 Å². The zero-order valence-corrected chi connectivity index (χ0v) is 13.1. The topological polar surface area (TPSA) is 72.8 Å². The van der Waals surface area contributed by atoms with Crippen LogP contribution in [-0.2, 0) is 4.74 Å². The molecule has 0 atom stereocenters. The second-order valence-corrected chi connectivity index (χ2v) is 4.81. The molecule has 124 valence electrons. The van der Waals surface area contributed by atoms with Crippen LogP contribution >= 0.6 is 0 Å². The first kappa shape index (κ1) is 17.2. The van der Waals surface area contributed by atoms with E-state index >= 15 is 0 Å². The van der Waals surface area contributed by atoms with Crippen LogP contribution in [-0.4, -0.2) is 31.1 Å². The number of halogens is 1. The molecule has 6 heteroatoms. The van der Waals surface area contributed by atoms with Crippen molar-refractivity contribution in [3.63, 3.8) is 0 Å². The average Bonchev–Trinajstić information content (AvgIpc) is 2.59. The van der Waals surface area contributed by atoms with Gasteiger partial charge < -0.3 is 14.6 Å². The van der Waals surface area contributed by atoms with Crippen molar-refractivity contribution in [2.45, 2.75) is 0 Å². The molecule has 0 aliphatic carbocycles. The molecule has 0 unspecified atom stereocenters. The number of carbonyl (C=O) groups excluding carboxylic acids is 2. The highest BCUT2D eigenvalue weighted by Crippen LogP contribution is 2.22. The predicted octanol–water partition coefficient (Wildman–Crippen LogP) is 3.22. The molecule has 2 aromatic carbocycles. The molecule has 2 aromatic rings. The predicted molar refractivity (Wildman–Crippen MR) is 85.8 cm³/mol. The largest absolute Gasteiger partial charge is 0.507 e. The first-order valence-corrected chi connectivity index (χ1v) is 6.93. The number of ketones is 1. The Morgan fingerprint density at radius 1 is 1.12 bits per heavy atom. The van der Waals surface area contributed by atoms with Crippen LogP contribution in [0.4, 0.5) is 4.39 Å². The van der Waals surface area contributed by atoms with Crippen LogP contribution in [0.1, 0.15) is 26.3 Å². The standard InChI is InChI=1S/C18H15FO5/c1-23-13-5-6-14(15(19)10-13)17(21)8-3-11-9-12(18(22)24-2)4-7-16(11)20/h3-10,20H,1-2H3. The van der Waals surface area contributed by atoms with Gasteiger partial charge in [-0.25, -0.2) is 9.18 Å². The third-order valence-electron chi connectivity index (χ3n) is 3.30. The van der Waals surface area contributed by atoms with E-state index in [-0.39, 0.29) is 22.4 Å². The van der Waals surface area contributed by atoms with Crippen LogP contribution in [0, 0.1) is 5.82 Å². The second kappa shape index (κ2) is 7.41. The third kappa shape index (κ3) is 3.78. The van der Waals surface area contributed by atoms with Gasteiger partial charge in [0.05, 0.1) is 25.3 Å². The van der Waals surface area contributed by atoms with E-state index in [1.54, 1.807) is 0 Å². The molecule has 0 saturated heterocycles. The zero-order chi connectivity index (χ0) is 17.7. The van der Waals surface area contributed by atoms with Crippen molar-refractivity contribution in [2.24, 2.45) is 0 Å². The minimum absolute atomic E-state index is 0.123. The molecule has 0 heterocycles. The first-order chi connectivity index (χ1) is 11.5. The van der Waals surface area contributed by atoms with E-state index in [1.165, 1.54) is 50.6 Å². The van der Waals surface area contributed by atoms with Gasteiger partial charge >= 0.3 is 5.97 Å². The summed E-state index contributed by atoms with van der Waals surface area (Å²) >= 11 is 0. The lowest BCUT2D eigenvalue weighted by Gasteiger charge is -2.04. The molecule has 0 aliphatic heterocycles. The maximum Gasteiger partial charge on any atom is 0.337 e. The molecule has 1 N–H and O–H groups in total. The Bertz CT molecular complexity index is 811. The van der Waals surface area contributed by atoms with Gasteiger partial charge in [0.2, 0.25) is 0 Å². The Morgan fingerprint density at radius 3 is 2.50 bits per heavy atom. The fourth-order valence-electron chi connectivity index (χ4n) is 2.01. The minimum atomic E-state index is -0.712.